The molecule has 0 aromatic heterocycles. The van der Waals surface area contributed by atoms with Gasteiger partial charge in [0.25, 0.3) is 0 Å². The third-order valence-electron chi connectivity index (χ3n) is 4.03. The van der Waals surface area contributed by atoms with Crippen molar-refractivity contribution in [3.63, 3.8) is 0 Å². The first-order chi connectivity index (χ1) is 9.60. The van der Waals surface area contributed by atoms with Crippen molar-refractivity contribution in [3.8, 4) is 5.75 Å². The largest absolute Gasteiger partial charge is 0.494 e. The van der Waals surface area contributed by atoms with Crippen LogP contribution in [0.3, 0.4) is 0 Å². The molecular formula is C16H24FNO2. The minimum absolute atomic E-state index is 0.00629. The van der Waals surface area contributed by atoms with E-state index in [2.05, 4.69) is 19.2 Å². The van der Waals surface area contributed by atoms with Crippen LogP contribution in [0.1, 0.15) is 44.7 Å². The Morgan fingerprint density at radius 3 is 2.80 bits per heavy atom. The molecule has 0 amide bonds. The van der Waals surface area contributed by atoms with Gasteiger partial charge in [0.05, 0.1) is 18.8 Å². The highest BCUT2D eigenvalue weighted by Crippen LogP contribution is 2.37. The smallest absolute Gasteiger partial charge is 0.165 e. The molecule has 1 aliphatic heterocycles. The summed E-state index contributed by atoms with van der Waals surface area (Å²) >= 11 is 0. The first-order valence-corrected chi connectivity index (χ1v) is 7.31. The van der Waals surface area contributed by atoms with Crippen molar-refractivity contribution < 1.29 is 13.9 Å². The van der Waals surface area contributed by atoms with Gasteiger partial charge < -0.3 is 14.8 Å². The number of halogens is 1. The number of hydrogen-bond acceptors (Lipinski definition) is 3. The monoisotopic (exact) mass is 281 g/mol. The van der Waals surface area contributed by atoms with Gasteiger partial charge in [-0.2, -0.15) is 0 Å². The highest BCUT2D eigenvalue weighted by molar-refractivity contribution is 5.32. The predicted molar refractivity (Wildman–Crippen MR) is 77.6 cm³/mol. The molecule has 0 bridgehead atoms. The molecular weight excluding hydrogens is 257 g/mol. The Balaban J connectivity index is 2.30. The average Bonchev–Trinajstić information content (AvgIpc) is 2.45. The number of benzene rings is 1. The van der Waals surface area contributed by atoms with Crippen molar-refractivity contribution >= 4 is 0 Å². The first-order valence-electron chi connectivity index (χ1n) is 7.31. The maximum atomic E-state index is 13.9. The van der Waals surface area contributed by atoms with Gasteiger partial charge in [0.15, 0.2) is 11.6 Å². The van der Waals surface area contributed by atoms with Crippen molar-refractivity contribution in [1.82, 2.24) is 5.32 Å². The standard InChI is InChI=1S/C16H24FNO2/c1-4-18-15(16(2)9-5-6-10-20-16)12-7-8-14(19-3)13(17)11-12/h7-8,11,15,18H,4-6,9-10H2,1-3H3. The topological polar surface area (TPSA) is 30.5 Å². The van der Waals surface area contributed by atoms with Crippen molar-refractivity contribution in [2.75, 3.05) is 20.3 Å². The Hall–Kier alpha value is -1.13. The fourth-order valence-electron chi connectivity index (χ4n) is 2.94. The lowest BCUT2D eigenvalue weighted by atomic mass is 9.84. The summed E-state index contributed by atoms with van der Waals surface area (Å²) in [5.74, 6) is -0.0500. The molecule has 0 radical (unpaired) electrons. The molecule has 4 heteroatoms. The quantitative estimate of drug-likeness (QED) is 0.896. The Labute approximate surface area is 120 Å². The number of nitrogens with one attached hydrogen (secondary N) is 1. The maximum Gasteiger partial charge on any atom is 0.165 e. The van der Waals surface area contributed by atoms with Crippen LogP contribution >= 0.6 is 0 Å². The van der Waals surface area contributed by atoms with Crippen LogP contribution in [0.4, 0.5) is 4.39 Å². The van der Waals surface area contributed by atoms with E-state index in [-0.39, 0.29) is 23.2 Å². The Bertz CT molecular complexity index is 444. The van der Waals surface area contributed by atoms with Crippen LogP contribution in [0.15, 0.2) is 18.2 Å². The Morgan fingerprint density at radius 2 is 2.25 bits per heavy atom. The minimum Gasteiger partial charge on any atom is -0.494 e. The van der Waals surface area contributed by atoms with Crippen molar-refractivity contribution in [2.24, 2.45) is 0 Å². The summed E-state index contributed by atoms with van der Waals surface area (Å²) < 4.78 is 24.9. The second-order valence-electron chi connectivity index (χ2n) is 5.50. The lowest BCUT2D eigenvalue weighted by molar-refractivity contribution is -0.0895. The number of hydrogen-bond donors (Lipinski definition) is 1. The molecule has 1 aromatic rings. The maximum absolute atomic E-state index is 13.9. The summed E-state index contributed by atoms with van der Waals surface area (Å²) in [7, 11) is 1.48. The number of likely N-dealkylation sites (N-methyl/N-ethyl adjacent to an activating group) is 1. The lowest BCUT2D eigenvalue weighted by Crippen LogP contribution is -2.46. The highest BCUT2D eigenvalue weighted by atomic mass is 19.1. The molecule has 0 aliphatic carbocycles. The molecule has 1 aliphatic rings. The highest BCUT2D eigenvalue weighted by Gasteiger charge is 2.37. The predicted octanol–water partition coefficient (Wildman–Crippen LogP) is 3.44. The molecule has 3 nitrogen and oxygen atoms in total. The molecule has 0 spiro atoms. The molecule has 20 heavy (non-hydrogen) atoms. The Kier molecular flexibility index (Phi) is 5.00. The number of methoxy groups -OCH3 is 1. The van der Waals surface area contributed by atoms with Crippen LogP contribution in [0.25, 0.3) is 0 Å². The van der Waals surface area contributed by atoms with E-state index in [0.29, 0.717) is 0 Å². The lowest BCUT2D eigenvalue weighted by Gasteiger charge is -2.41. The van der Waals surface area contributed by atoms with Crippen molar-refractivity contribution in [1.29, 1.82) is 0 Å². The van der Waals surface area contributed by atoms with Gasteiger partial charge in [-0.05, 0) is 50.4 Å². The van der Waals surface area contributed by atoms with Crippen molar-refractivity contribution in [3.05, 3.63) is 29.6 Å². The van der Waals surface area contributed by atoms with Crippen LogP contribution in [0.2, 0.25) is 0 Å². The molecule has 1 N–H and O–H groups in total. The van der Waals surface area contributed by atoms with Gasteiger partial charge in [-0.15, -0.1) is 0 Å². The van der Waals surface area contributed by atoms with Gasteiger partial charge in [-0.25, -0.2) is 4.39 Å². The zero-order chi connectivity index (χ0) is 14.6. The first kappa shape index (κ1) is 15.3. The van der Waals surface area contributed by atoms with Gasteiger partial charge in [0.2, 0.25) is 0 Å². The van der Waals surface area contributed by atoms with Crippen LogP contribution in [-0.2, 0) is 4.74 Å². The summed E-state index contributed by atoms with van der Waals surface area (Å²) in [6.07, 6.45) is 3.24. The van der Waals surface area contributed by atoms with Crippen molar-refractivity contribution in [2.45, 2.75) is 44.8 Å². The van der Waals surface area contributed by atoms with Crippen LogP contribution in [-0.4, -0.2) is 25.9 Å². The zero-order valence-electron chi connectivity index (χ0n) is 12.5. The van der Waals surface area contributed by atoms with Crippen LogP contribution < -0.4 is 10.1 Å². The van der Waals surface area contributed by atoms with E-state index in [0.717, 1.165) is 38.0 Å². The van der Waals surface area contributed by atoms with E-state index >= 15 is 0 Å². The van der Waals surface area contributed by atoms with Crippen LogP contribution in [0, 0.1) is 5.82 Å². The zero-order valence-corrected chi connectivity index (χ0v) is 12.5. The molecule has 1 fully saturated rings. The van der Waals surface area contributed by atoms with Gasteiger partial charge in [0, 0.05) is 6.61 Å². The Morgan fingerprint density at radius 1 is 1.45 bits per heavy atom. The summed E-state index contributed by atoms with van der Waals surface area (Å²) in [5, 5.41) is 3.44. The van der Waals surface area contributed by atoms with E-state index in [1.54, 1.807) is 12.1 Å². The normalized spacial score (nSPS) is 24.4. The van der Waals surface area contributed by atoms with E-state index in [4.69, 9.17) is 9.47 Å². The molecule has 2 rings (SSSR count). The van der Waals surface area contributed by atoms with Gasteiger partial charge in [-0.3, -0.25) is 0 Å². The SMILES string of the molecule is CCNC(c1ccc(OC)c(F)c1)C1(C)CCCCO1. The third kappa shape index (κ3) is 3.13. The third-order valence-corrected chi connectivity index (χ3v) is 4.03. The number of rotatable bonds is 5. The fraction of sp³-hybridized carbons (Fsp3) is 0.625. The second-order valence-corrected chi connectivity index (χ2v) is 5.50. The minimum atomic E-state index is -0.327. The summed E-state index contributed by atoms with van der Waals surface area (Å²) in [4.78, 5) is 0. The molecule has 2 unspecified atom stereocenters. The fourth-order valence-corrected chi connectivity index (χ4v) is 2.94. The summed E-state index contributed by atoms with van der Waals surface area (Å²) in [5.41, 5.74) is 0.629. The van der Waals surface area contributed by atoms with Gasteiger partial charge >= 0.3 is 0 Å². The second kappa shape index (κ2) is 6.55. The van der Waals surface area contributed by atoms with E-state index in [1.807, 2.05) is 6.07 Å². The molecule has 2 atom stereocenters. The van der Waals surface area contributed by atoms with E-state index in [9.17, 15) is 4.39 Å². The van der Waals surface area contributed by atoms with E-state index < -0.39 is 0 Å². The summed E-state index contributed by atoms with van der Waals surface area (Å²) in [6, 6.07) is 5.14. The molecule has 1 saturated heterocycles. The number of ether oxygens (including phenoxy) is 2. The molecule has 112 valence electrons. The summed E-state index contributed by atoms with van der Waals surface area (Å²) in [6.45, 7) is 5.76. The van der Waals surface area contributed by atoms with Gasteiger partial charge in [-0.1, -0.05) is 13.0 Å². The molecule has 0 saturated carbocycles. The van der Waals surface area contributed by atoms with Gasteiger partial charge in [0.1, 0.15) is 0 Å². The van der Waals surface area contributed by atoms with E-state index in [1.165, 1.54) is 7.11 Å². The molecule has 1 aromatic carbocycles. The average molecular weight is 281 g/mol. The van der Waals surface area contributed by atoms with Crippen LogP contribution in [0.5, 0.6) is 5.75 Å². The molecule has 1 heterocycles.